The lowest BCUT2D eigenvalue weighted by molar-refractivity contribution is -0.129. The molecule has 1 fully saturated rings. The van der Waals surface area contributed by atoms with Crippen LogP contribution in [0.2, 0.25) is 0 Å². The predicted octanol–water partition coefficient (Wildman–Crippen LogP) is -1.47. The molecular weight excluding hydrogens is 220 g/mol. The number of likely N-dealkylation sites (N-methyl/N-ethyl adjacent to an activating group) is 2. The summed E-state index contributed by atoms with van der Waals surface area (Å²) in [5, 5.41) is 8.72. The van der Waals surface area contributed by atoms with E-state index in [-0.39, 0.29) is 24.4 Å². The van der Waals surface area contributed by atoms with Crippen LogP contribution in [0.3, 0.4) is 0 Å². The van der Waals surface area contributed by atoms with Crippen LogP contribution >= 0.6 is 0 Å². The van der Waals surface area contributed by atoms with E-state index in [1.54, 1.807) is 0 Å². The van der Waals surface area contributed by atoms with E-state index in [1.807, 2.05) is 18.7 Å². The molecule has 6 nitrogen and oxygen atoms in total. The monoisotopic (exact) mass is 242 g/mol. The van der Waals surface area contributed by atoms with Crippen LogP contribution in [0, 0.1) is 0 Å². The fourth-order valence-corrected chi connectivity index (χ4v) is 1.92. The number of carbonyl (C=O) groups excluding carboxylic acids is 2. The Hall–Kier alpha value is -1.14. The molecule has 17 heavy (non-hydrogen) atoms. The van der Waals surface area contributed by atoms with E-state index >= 15 is 0 Å². The molecule has 0 radical (unpaired) electrons. The van der Waals surface area contributed by atoms with Gasteiger partial charge < -0.3 is 16.0 Å². The van der Waals surface area contributed by atoms with Crippen LogP contribution in [0.15, 0.2) is 0 Å². The van der Waals surface area contributed by atoms with Gasteiger partial charge in [0.1, 0.15) is 6.04 Å². The second kappa shape index (κ2) is 7.24. The summed E-state index contributed by atoms with van der Waals surface area (Å²) in [5.41, 5.74) is 0. The van der Waals surface area contributed by atoms with Crippen molar-refractivity contribution in [1.82, 2.24) is 20.9 Å². The summed E-state index contributed by atoms with van der Waals surface area (Å²) in [6.45, 7) is 7.44. The first kappa shape index (κ1) is 13.9. The molecule has 0 aromatic rings. The molecule has 1 aliphatic rings. The van der Waals surface area contributed by atoms with E-state index in [4.69, 9.17) is 0 Å². The predicted molar refractivity (Wildman–Crippen MR) is 65.6 cm³/mol. The van der Waals surface area contributed by atoms with Crippen molar-refractivity contribution in [2.45, 2.75) is 19.9 Å². The minimum atomic E-state index is -0.244. The van der Waals surface area contributed by atoms with Gasteiger partial charge in [0, 0.05) is 32.7 Å². The van der Waals surface area contributed by atoms with Crippen molar-refractivity contribution < 1.29 is 9.59 Å². The highest BCUT2D eigenvalue weighted by atomic mass is 16.2. The topological polar surface area (TPSA) is 73.5 Å². The minimum absolute atomic E-state index is 0.0102. The zero-order valence-electron chi connectivity index (χ0n) is 10.6. The number of piperazine rings is 1. The molecule has 1 atom stereocenters. The largest absolute Gasteiger partial charge is 0.355 e. The summed E-state index contributed by atoms with van der Waals surface area (Å²) >= 11 is 0. The van der Waals surface area contributed by atoms with E-state index in [9.17, 15) is 9.59 Å². The van der Waals surface area contributed by atoms with E-state index in [2.05, 4.69) is 16.0 Å². The first-order valence-electron chi connectivity index (χ1n) is 6.18. The van der Waals surface area contributed by atoms with Crippen LogP contribution in [0.5, 0.6) is 0 Å². The van der Waals surface area contributed by atoms with Crippen molar-refractivity contribution in [3.8, 4) is 0 Å². The standard InChI is InChI=1S/C11H22N4O2/c1-3-13-10(16)8-15-6-5-12-7-9(15)11(17)14-4-2/h9,12H,3-8H2,1-2H3,(H,13,16)(H,14,17). The molecule has 1 saturated heterocycles. The zero-order chi connectivity index (χ0) is 12.7. The molecule has 1 aliphatic heterocycles. The highest BCUT2D eigenvalue weighted by molar-refractivity contribution is 5.84. The molecular formula is C11H22N4O2. The van der Waals surface area contributed by atoms with Gasteiger partial charge in [-0.25, -0.2) is 0 Å². The molecule has 0 saturated carbocycles. The average molecular weight is 242 g/mol. The van der Waals surface area contributed by atoms with Crippen LogP contribution in [-0.4, -0.2) is 62.0 Å². The highest BCUT2D eigenvalue weighted by Crippen LogP contribution is 2.03. The highest BCUT2D eigenvalue weighted by Gasteiger charge is 2.29. The van der Waals surface area contributed by atoms with Crippen LogP contribution in [-0.2, 0) is 9.59 Å². The molecule has 0 bridgehead atoms. The Morgan fingerprint density at radius 2 is 2.00 bits per heavy atom. The quantitative estimate of drug-likeness (QED) is 0.550. The van der Waals surface area contributed by atoms with E-state index < -0.39 is 0 Å². The molecule has 3 N–H and O–H groups in total. The molecule has 1 rings (SSSR count). The Morgan fingerprint density at radius 1 is 1.29 bits per heavy atom. The third-order valence-corrected chi connectivity index (χ3v) is 2.73. The van der Waals surface area contributed by atoms with Gasteiger partial charge in [-0.2, -0.15) is 0 Å². The van der Waals surface area contributed by atoms with Gasteiger partial charge >= 0.3 is 0 Å². The Balaban J connectivity index is 2.53. The molecule has 1 heterocycles. The van der Waals surface area contributed by atoms with Crippen molar-refractivity contribution in [2.24, 2.45) is 0 Å². The molecule has 0 spiro atoms. The second-order valence-corrected chi connectivity index (χ2v) is 4.04. The molecule has 98 valence electrons. The molecule has 0 aromatic carbocycles. The number of nitrogens with one attached hydrogen (secondary N) is 3. The van der Waals surface area contributed by atoms with Crippen molar-refractivity contribution >= 4 is 11.8 Å². The van der Waals surface area contributed by atoms with Crippen molar-refractivity contribution in [1.29, 1.82) is 0 Å². The smallest absolute Gasteiger partial charge is 0.238 e. The molecule has 0 aliphatic carbocycles. The Bertz CT molecular complexity index is 270. The SMILES string of the molecule is CCNC(=O)CN1CCNCC1C(=O)NCC. The van der Waals surface area contributed by atoms with Gasteiger partial charge in [0.05, 0.1) is 6.54 Å². The fourth-order valence-electron chi connectivity index (χ4n) is 1.92. The van der Waals surface area contributed by atoms with Crippen molar-refractivity contribution in [2.75, 3.05) is 39.3 Å². The minimum Gasteiger partial charge on any atom is -0.355 e. The normalized spacial score (nSPS) is 20.9. The Labute approximate surface area is 102 Å². The maximum absolute atomic E-state index is 11.8. The first-order valence-corrected chi connectivity index (χ1v) is 6.18. The van der Waals surface area contributed by atoms with Gasteiger partial charge in [-0.1, -0.05) is 0 Å². The van der Waals surface area contributed by atoms with Crippen molar-refractivity contribution in [3.05, 3.63) is 0 Å². The lowest BCUT2D eigenvalue weighted by Gasteiger charge is -2.34. The summed E-state index contributed by atoms with van der Waals surface area (Å²) in [6, 6.07) is -0.244. The molecule has 1 unspecified atom stereocenters. The maximum atomic E-state index is 11.8. The second-order valence-electron chi connectivity index (χ2n) is 4.04. The van der Waals surface area contributed by atoms with Gasteiger partial charge in [0.2, 0.25) is 11.8 Å². The number of rotatable bonds is 5. The van der Waals surface area contributed by atoms with Crippen LogP contribution in [0.4, 0.5) is 0 Å². The van der Waals surface area contributed by atoms with Gasteiger partial charge in [0.25, 0.3) is 0 Å². The number of amides is 2. The lowest BCUT2D eigenvalue weighted by atomic mass is 10.1. The summed E-state index contributed by atoms with van der Waals surface area (Å²) in [6.07, 6.45) is 0. The summed E-state index contributed by atoms with van der Waals surface area (Å²) < 4.78 is 0. The number of carbonyl (C=O) groups is 2. The maximum Gasteiger partial charge on any atom is 0.238 e. The summed E-state index contributed by atoms with van der Waals surface area (Å²) in [4.78, 5) is 25.3. The van der Waals surface area contributed by atoms with Crippen molar-refractivity contribution in [3.63, 3.8) is 0 Å². The number of hydrogen-bond donors (Lipinski definition) is 3. The van der Waals surface area contributed by atoms with E-state index in [0.29, 0.717) is 19.6 Å². The van der Waals surface area contributed by atoms with Crippen LogP contribution in [0.25, 0.3) is 0 Å². The summed E-state index contributed by atoms with van der Waals surface area (Å²) in [5.74, 6) is -0.0345. The third kappa shape index (κ3) is 4.32. The van der Waals surface area contributed by atoms with Gasteiger partial charge in [-0.15, -0.1) is 0 Å². The Morgan fingerprint density at radius 3 is 2.65 bits per heavy atom. The van der Waals surface area contributed by atoms with E-state index in [0.717, 1.165) is 13.1 Å². The van der Waals surface area contributed by atoms with E-state index in [1.165, 1.54) is 0 Å². The third-order valence-electron chi connectivity index (χ3n) is 2.73. The molecule has 0 aromatic heterocycles. The molecule has 2 amide bonds. The number of hydrogen-bond acceptors (Lipinski definition) is 4. The van der Waals surface area contributed by atoms with Gasteiger partial charge in [-0.3, -0.25) is 14.5 Å². The van der Waals surface area contributed by atoms with Gasteiger partial charge in [0.15, 0.2) is 0 Å². The molecule has 6 heteroatoms. The summed E-state index contributed by atoms with van der Waals surface area (Å²) in [7, 11) is 0. The van der Waals surface area contributed by atoms with Gasteiger partial charge in [-0.05, 0) is 13.8 Å². The number of nitrogens with zero attached hydrogens (tertiary/aromatic N) is 1. The van der Waals surface area contributed by atoms with Crippen LogP contribution in [0.1, 0.15) is 13.8 Å². The first-order chi connectivity index (χ1) is 8.19. The Kier molecular flexibility index (Phi) is 5.93. The zero-order valence-corrected chi connectivity index (χ0v) is 10.6. The van der Waals surface area contributed by atoms with Crippen LogP contribution < -0.4 is 16.0 Å². The average Bonchev–Trinajstić information content (AvgIpc) is 2.30. The lowest BCUT2D eigenvalue weighted by Crippen LogP contribution is -2.59. The fraction of sp³-hybridized carbons (Fsp3) is 0.818.